The first kappa shape index (κ1) is 21.8. The number of amides is 1. The second kappa shape index (κ2) is 8.11. The smallest absolute Gasteiger partial charge is 0.338 e. The first-order chi connectivity index (χ1) is 14.0. The van der Waals surface area contributed by atoms with Crippen molar-refractivity contribution in [2.24, 2.45) is 0 Å². The molecule has 3 rings (SSSR count). The van der Waals surface area contributed by atoms with Gasteiger partial charge in [0.05, 0.1) is 0 Å². The van der Waals surface area contributed by atoms with Crippen molar-refractivity contribution in [3.63, 3.8) is 0 Å². The van der Waals surface area contributed by atoms with Gasteiger partial charge in [-0.1, -0.05) is 29.8 Å². The molecule has 0 atom stereocenters. The molecule has 1 amide bonds. The van der Waals surface area contributed by atoms with Crippen LogP contribution in [0.15, 0.2) is 60.8 Å². The highest BCUT2D eigenvalue weighted by Gasteiger charge is 2.48. The van der Waals surface area contributed by atoms with E-state index in [2.05, 4.69) is 10.3 Å². The number of benzene rings is 2. The van der Waals surface area contributed by atoms with E-state index in [1.807, 2.05) is 19.1 Å². The Balaban J connectivity index is 2.11. The summed E-state index contributed by atoms with van der Waals surface area (Å²) in [5.74, 6) is -0.809. The van der Waals surface area contributed by atoms with Crippen molar-refractivity contribution in [2.75, 3.05) is 0 Å². The van der Waals surface area contributed by atoms with E-state index in [9.17, 15) is 18.0 Å². The summed E-state index contributed by atoms with van der Waals surface area (Å²) < 4.78 is 39.8. The molecule has 0 radical (unpaired) electrons. The lowest BCUT2D eigenvalue weighted by molar-refractivity contribution is -0.182. The number of nitrogens with one attached hydrogen (secondary N) is 1. The predicted molar refractivity (Wildman–Crippen MR) is 112 cm³/mol. The van der Waals surface area contributed by atoms with Crippen molar-refractivity contribution >= 4 is 17.5 Å². The van der Waals surface area contributed by atoms with Crippen LogP contribution >= 0.6 is 11.6 Å². The number of aromatic nitrogens is 1. The summed E-state index contributed by atoms with van der Waals surface area (Å²) in [6.45, 7) is 3.69. The van der Waals surface area contributed by atoms with Crippen LogP contribution in [0.1, 0.15) is 29.9 Å². The molecule has 156 valence electrons. The molecule has 3 aromatic rings. The number of carbonyl (C=O) groups is 1. The minimum absolute atomic E-state index is 0.123. The summed E-state index contributed by atoms with van der Waals surface area (Å²) in [6, 6.07) is 15.6. The summed E-state index contributed by atoms with van der Waals surface area (Å²) in [6.07, 6.45) is -2.93. The van der Waals surface area contributed by atoms with Gasteiger partial charge in [0.25, 0.3) is 5.91 Å². The van der Waals surface area contributed by atoms with Gasteiger partial charge in [0.1, 0.15) is 5.54 Å². The van der Waals surface area contributed by atoms with Gasteiger partial charge in [-0.05, 0) is 73.9 Å². The minimum atomic E-state index is -4.58. The summed E-state index contributed by atoms with van der Waals surface area (Å²) >= 11 is 5.97. The molecule has 7 heteroatoms. The number of alkyl halides is 3. The Bertz CT molecular complexity index is 1080. The lowest BCUT2D eigenvalue weighted by Gasteiger charge is -2.29. The predicted octanol–water partition coefficient (Wildman–Crippen LogP) is 6.45. The van der Waals surface area contributed by atoms with Crippen molar-refractivity contribution in [3.05, 3.63) is 77.1 Å². The molecule has 0 unspecified atom stereocenters. The fourth-order valence-corrected chi connectivity index (χ4v) is 3.07. The van der Waals surface area contributed by atoms with Gasteiger partial charge >= 0.3 is 6.18 Å². The second-order valence-electron chi connectivity index (χ2n) is 7.52. The van der Waals surface area contributed by atoms with Gasteiger partial charge in [0, 0.05) is 28.0 Å². The first-order valence-corrected chi connectivity index (χ1v) is 9.58. The standard InChI is InChI=1S/C23H20ClF3N2O/c1-14-20(5-4-10-28-14)17-11-16(15-6-8-19(24)9-7-15)12-18(13-17)21(30)29-22(2,3)23(25,26)27/h4-13H,1-3H3,(H,29,30). The van der Waals surface area contributed by atoms with E-state index in [0.717, 1.165) is 30.7 Å². The largest absolute Gasteiger partial charge is 0.410 e. The van der Waals surface area contributed by atoms with Gasteiger partial charge in [-0.3, -0.25) is 9.78 Å². The Labute approximate surface area is 177 Å². The van der Waals surface area contributed by atoms with Crippen LogP contribution < -0.4 is 5.32 Å². The fourth-order valence-electron chi connectivity index (χ4n) is 2.94. The molecule has 1 N–H and O–H groups in total. The quantitative estimate of drug-likeness (QED) is 0.515. The van der Waals surface area contributed by atoms with Crippen LogP contribution in [0.25, 0.3) is 22.3 Å². The summed E-state index contributed by atoms with van der Waals surface area (Å²) in [5, 5.41) is 2.65. The molecule has 0 spiro atoms. The van der Waals surface area contributed by atoms with Crippen molar-refractivity contribution in [1.29, 1.82) is 0 Å². The van der Waals surface area contributed by atoms with E-state index < -0.39 is 17.6 Å². The molecule has 0 fully saturated rings. The molecule has 0 aliphatic rings. The lowest BCUT2D eigenvalue weighted by atomic mass is 9.94. The molecule has 0 bridgehead atoms. The molecule has 1 aromatic heterocycles. The molecule has 0 saturated heterocycles. The van der Waals surface area contributed by atoms with E-state index in [4.69, 9.17) is 11.6 Å². The molecule has 0 aliphatic carbocycles. The Morgan fingerprint density at radius 2 is 1.60 bits per heavy atom. The third kappa shape index (κ3) is 4.65. The molecular weight excluding hydrogens is 413 g/mol. The maximum atomic E-state index is 13.3. The molecule has 1 heterocycles. The number of halogens is 4. The van der Waals surface area contributed by atoms with Crippen LogP contribution in [0.4, 0.5) is 13.2 Å². The maximum absolute atomic E-state index is 13.3. The number of pyridine rings is 1. The first-order valence-electron chi connectivity index (χ1n) is 9.20. The zero-order chi connectivity index (χ0) is 22.1. The van der Waals surface area contributed by atoms with Gasteiger partial charge in [0.15, 0.2) is 0 Å². The van der Waals surface area contributed by atoms with Crippen LogP contribution in [-0.4, -0.2) is 22.6 Å². The topological polar surface area (TPSA) is 42.0 Å². The van der Waals surface area contributed by atoms with Gasteiger partial charge in [-0.15, -0.1) is 0 Å². The number of aryl methyl sites for hydroxylation is 1. The van der Waals surface area contributed by atoms with Gasteiger partial charge in [-0.25, -0.2) is 0 Å². The van der Waals surface area contributed by atoms with Crippen molar-refractivity contribution in [3.8, 4) is 22.3 Å². The minimum Gasteiger partial charge on any atom is -0.338 e. The maximum Gasteiger partial charge on any atom is 0.410 e. The van der Waals surface area contributed by atoms with Gasteiger partial charge in [0.2, 0.25) is 0 Å². The molecule has 30 heavy (non-hydrogen) atoms. The average molecular weight is 433 g/mol. The van der Waals surface area contributed by atoms with Crippen molar-refractivity contribution in [1.82, 2.24) is 10.3 Å². The van der Waals surface area contributed by atoms with E-state index in [-0.39, 0.29) is 5.56 Å². The van der Waals surface area contributed by atoms with Crippen molar-refractivity contribution < 1.29 is 18.0 Å². The number of rotatable bonds is 4. The molecule has 0 saturated carbocycles. The highest BCUT2D eigenvalue weighted by Crippen LogP contribution is 2.32. The van der Waals surface area contributed by atoms with Gasteiger partial charge < -0.3 is 5.32 Å². The van der Waals surface area contributed by atoms with Crippen LogP contribution in [0.5, 0.6) is 0 Å². The van der Waals surface area contributed by atoms with Crippen LogP contribution in [0.2, 0.25) is 5.02 Å². The van der Waals surface area contributed by atoms with Crippen LogP contribution in [0, 0.1) is 6.92 Å². The van der Waals surface area contributed by atoms with E-state index in [1.165, 1.54) is 0 Å². The van der Waals surface area contributed by atoms with Crippen molar-refractivity contribution in [2.45, 2.75) is 32.5 Å². The molecule has 0 aliphatic heterocycles. The SMILES string of the molecule is Cc1ncccc1-c1cc(C(=O)NC(C)(C)C(F)(F)F)cc(-c2ccc(Cl)cc2)c1. The summed E-state index contributed by atoms with van der Waals surface area (Å²) in [7, 11) is 0. The summed E-state index contributed by atoms with van der Waals surface area (Å²) in [5.41, 5.74) is 1.44. The molecular formula is C23H20ClF3N2O. The van der Waals surface area contributed by atoms with E-state index >= 15 is 0 Å². The lowest BCUT2D eigenvalue weighted by Crippen LogP contribution is -2.54. The Morgan fingerprint density at radius 3 is 2.20 bits per heavy atom. The van der Waals surface area contributed by atoms with Gasteiger partial charge in [-0.2, -0.15) is 13.2 Å². The van der Waals surface area contributed by atoms with E-state index in [1.54, 1.807) is 48.7 Å². The molecule has 2 aromatic carbocycles. The zero-order valence-electron chi connectivity index (χ0n) is 16.6. The Morgan fingerprint density at radius 1 is 0.967 bits per heavy atom. The monoisotopic (exact) mass is 432 g/mol. The number of hydrogen-bond acceptors (Lipinski definition) is 2. The Hall–Kier alpha value is -2.86. The number of hydrogen-bond donors (Lipinski definition) is 1. The highest BCUT2D eigenvalue weighted by atomic mass is 35.5. The number of carbonyl (C=O) groups excluding carboxylic acids is 1. The third-order valence-corrected chi connectivity index (χ3v) is 5.08. The highest BCUT2D eigenvalue weighted by molar-refractivity contribution is 6.30. The van der Waals surface area contributed by atoms with Crippen LogP contribution in [0.3, 0.4) is 0 Å². The second-order valence-corrected chi connectivity index (χ2v) is 7.96. The third-order valence-electron chi connectivity index (χ3n) is 4.83. The number of nitrogens with zero attached hydrogens (tertiary/aromatic N) is 1. The Kier molecular flexibility index (Phi) is 5.90. The normalized spacial score (nSPS) is 12.0. The zero-order valence-corrected chi connectivity index (χ0v) is 17.4. The van der Waals surface area contributed by atoms with Crippen LogP contribution in [-0.2, 0) is 0 Å². The van der Waals surface area contributed by atoms with E-state index in [0.29, 0.717) is 16.1 Å². The molecule has 3 nitrogen and oxygen atoms in total. The average Bonchev–Trinajstić information content (AvgIpc) is 2.67. The fraction of sp³-hybridized carbons (Fsp3) is 0.217. The summed E-state index contributed by atoms with van der Waals surface area (Å²) in [4.78, 5) is 17.0.